The van der Waals surface area contributed by atoms with E-state index < -0.39 is 0 Å². The van der Waals surface area contributed by atoms with Crippen molar-refractivity contribution in [2.24, 2.45) is 0 Å². The van der Waals surface area contributed by atoms with E-state index in [4.69, 9.17) is 11.6 Å². The lowest BCUT2D eigenvalue weighted by atomic mass is 9.99. The van der Waals surface area contributed by atoms with Crippen LogP contribution < -0.4 is 4.90 Å². The lowest BCUT2D eigenvalue weighted by molar-refractivity contribution is 0.472. The summed E-state index contributed by atoms with van der Waals surface area (Å²) in [6.45, 7) is 0.643. The van der Waals surface area contributed by atoms with Crippen LogP contribution >= 0.6 is 11.6 Å². The largest absolute Gasteiger partial charge is 0.505 e. The molecule has 5 rings (SSSR count). The van der Waals surface area contributed by atoms with Crippen LogP contribution in [0.3, 0.4) is 0 Å². The highest BCUT2D eigenvalue weighted by molar-refractivity contribution is 6.30. The minimum absolute atomic E-state index is 0.0279. The topological polar surface area (TPSA) is 82.3 Å². The molecule has 27 heavy (non-hydrogen) atoms. The number of H-pyrrole nitrogens is 1. The van der Waals surface area contributed by atoms with Gasteiger partial charge in [-0.2, -0.15) is 5.10 Å². The van der Waals surface area contributed by atoms with E-state index >= 15 is 0 Å². The maximum Gasteiger partial charge on any atom is 0.173 e. The quantitative estimate of drug-likeness (QED) is 0.519. The molecule has 1 atom stereocenters. The predicted molar refractivity (Wildman–Crippen MR) is 97.5 cm³/mol. The van der Waals surface area contributed by atoms with Crippen LogP contribution in [0.4, 0.5) is 10.2 Å². The molecule has 4 aromatic rings. The summed E-state index contributed by atoms with van der Waals surface area (Å²) in [7, 11) is 0. The summed E-state index contributed by atoms with van der Waals surface area (Å²) < 4.78 is 15.7. The monoisotopic (exact) mass is 384 g/mol. The molecular weight excluding hydrogens is 371 g/mol. The van der Waals surface area contributed by atoms with Crippen LogP contribution in [0.2, 0.25) is 5.15 Å². The first-order valence-corrected chi connectivity index (χ1v) is 8.77. The molecular formula is C18H14ClFN6O. The van der Waals surface area contributed by atoms with Gasteiger partial charge >= 0.3 is 0 Å². The van der Waals surface area contributed by atoms with Crippen molar-refractivity contribution in [3.8, 4) is 5.75 Å². The van der Waals surface area contributed by atoms with Crippen molar-refractivity contribution in [3.05, 3.63) is 70.9 Å². The Morgan fingerprint density at radius 2 is 2.19 bits per heavy atom. The van der Waals surface area contributed by atoms with Gasteiger partial charge in [-0.3, -0.25) is 0 Å². The van der Waals surface area contributed by atoms with Crippen molar-refractivity contribution in [2.45, 2.75) is 12.5 Å². The first kappa shape index (κ1) is 16.1. The summed E-state index contributed by atoms with van der Waals surface area (Å²) in [5, 5.41) is 14.3. The van der Waals surface area contributed by atoms with Crippen molar-refractivity contribution >= 4 is 22.9 Å². The van der Waals surface area contributed by atoms with E-state index in [1.807, 2.05) is 4.90 Å². The molecule has 0 radical (unpaired) electrons. The normalized spacial score (nSPS) is 16.7. The fourth-order valence-electron chi connectivity index (χ4n) is 3.53. The van der Waals surface area contributed by atoms with Gasteiger partial charge in [-0.25, -0.2) is 18.9 Å². The van der Waals surface area contributed by atoms with Gasteiger partial charge in [0, 0.05) is 24.9 Å². The van der Waals surface area contributed by atoms with E-state index in [9.17, 15) is 9.50 Å². The molecule has 4 aromatic heterocycles. The summed E-state index contributed by atoms with van der Waals surface area (Å²) in [4.78, 5) is 13.9. The van der Waals surface area contributed by atoms with Gasteiger partial charge in [-0.05, 0) is 30.3 Å². The summed E-state index contributed by atoms with van der Waals surface area (Å²) in [6.07, 6.45) is 4.10. The molecule has 5 heterocycles. The SMILES string of the molecule is Oc1ccc(N2CCc3[nH]cnc3[C@@H]2c2cc3c(F)cccn3n2)nc1Cl. The molecule has 0 saturated carbocycles. The van der Waals surface area contributed by atoms with E-state index in [1.165, 1.54) is 16.6 Å². The molecule has 9 heteroatoms. The first-order chi connectivity index (χ1) is 13.1. The van der Waals surface area contributed by atoms with Crippen molar-refractivity contribution in [3.63, 3.8) is 0 Å². The third kappa shape index (κ3) is 2.52. The van der Waals surface area contributed by atoms with Crippen LogP contribution in [0, 0.1) is 5.82 Å². The van der Waals surface area contributed by atoms with Gasteiger partial charge in [-0.15, -0.1) is 0 Å². The molecule has 1 aliphatic heterocycles. The molecule has 0 fully saturated rings. The summed E-state index contributed by atoms with van der Waals surface area (Å²) in [5.41, 5.74) is 2.88. The van der Waals surface area contributed by atoms with Gasteiger partial charge in [0.25, 0.3) is 0 Å². The average Bonchev–Trinajstić information content (AvgIpc) is 3.30. The Hall–Kier alpha value is -3.13. The van der Waals surface area contributed by atoms with Crippen molar-refractivity contribution in [1.29, 1.82) is 0 Å². The minimum atomic E-state index is -0.354. The van der Waals surface area contributed by atoms with E-state index in [0.717, 1.165) is 17.8 Å². The maximum atomic E-state index is 14.2. The van der Waals surface area contributed by atoms with E-state index in [1.54, 1.807) is 30.7 Å². The van der Waals surface area contributed by atoms with Gasteiger partial charge in [0.15, 0.2) is 10.9 Å². The number of hydrogen-bond donors (Lipinski definition) is 2. The van der Waals surface area contributed by atoms with Gasteiger partial charge in [0.05, 0.1) is 17.7 Å². The van der Waals surface area contributed by atoms with Gasteiger partial charge in [0.1, 0.15) is 23.2 Å². The summed E-state index contributed by atoms with van der Waals surface area (Å²) >= 11 is 6.01. The second kappa shape index (κ2) is 5.95. The molecule has 0 amide bonds. The van der Waals surface area contributed by atoms with Gasteiger partial charge in [0.2, 0.25) is 0 Å². The predicted octanol–water partition coefficient (Wildman–Crippen LogP) is 3.10. The van der Waals surface area contributed by atoms with Crippen LogP contribution in [-0.4, -0.2) is 36.2 Å². The number of aromatic hydroxyl groups is 1. The molecule has 7 nitrogen and oxygen atoms in total. The zero-order valence-electron chi connectivity index (χ0n) is 14.0. The number of nitrogens with one attached hydrogen (secondary N) is 1. The lowest BCUT2D eigenvalue weighted by Gasteiger charge is -2.34. The minimum Gasteiger partial charge on any atom is -0.505 e. The highest BCUT2D eigenvalue weighted by Crippen LogP contribution is 2.37. The number of anilines is 1. The smallest absolute Gasteiger partial charge is 0.173 e. The molecule has 0 spiro atoms. The van der Waals surface area contributed by atoms with Crippen molar-refractivity contribution in [2.75, 3.05) is 11.4 Å². The third-order valence-corrected chi connectivity index (χ3v) is 5.06. The fourth-order valence-corrected chi connectivity index (χ4v) is 3.68. The van der Waals surface area contributed by atoms with Crippen LogP contribution in [0.1, 0.15) is 23.1 Å². The number of hydrogen-bond acceptors (Lipinski definition) is 5. The molecule has 0 saturated heterocycles. The number of fused-ring (bicyclic) bond motifs is 2. The number of aromatic amines is 1. The number of halogens is 2. The van der Waals surface area contributed by atoms with Gasteiger partial charge in [-0.1, -0.05) is 11.6 Å². The Bertz CT molecular complexity index is 1160. The third-order valence-electron chi connectivity index (χ3n) is 4.78. The number of aromatic nitrogens is 5. The summed E-state index contributed by atoms with van der Waals surface area (Å²) in [5.74, 6) is 0.171. The highest BCUT2D eigenvalue weighted by Gasteiger charge is 2.34. The Kier molecular flexibility index (Phi) is 3.54. The van der Waals surface area contributed by atoms with Crippen LogP contribution in [0.25, 0.3) is 5.52 Å². The molecule has 0 aromatic carbocycles. The second-order valence-electron chi connectivity index (χ2n) is 6.35. The molecule has 0 aliphatic carbocycles. The molecule has 1 aliphatic rings. The first-order valence-electron chi connectivity index (χ1n) is 8.40. The molecule has 0 bridgehead atoms. The Morgan fingerprint density at radius 3 is 3.00 bits per heavy atom. The lowest BCUT2D eigenvalue weighted by Crippen LogP contribution is -2.37. The Morgan fingerprint density at radius 1 is 1.30 bits per heavy atom. The van der Waals surface area contributed by atoms with Crippen LogP contribution in [-0.2, 0) is 6.42 Å². The average molecular weight is 385 g/mol. The number of rotatable bonds is 2. The Labute approximate surface area is 158 Å². The van der Waals surface area contributed by atoms with E-state index in [2.05, 4.69) is 20.1 Å². The number of pyridine rings is 2. The van der Waals surface area contributed by atoms with E-state index in [0.29, 0.717) is 23.6 Å². The van der Waals surface area contributed by atoms with Crippen molar-refractivity contribution in [1.82, 2.24) is 24.6 Å². The molecule has 136 valence electrons. The Balaban J connectivity index is 1.68. The molecule has 0 unspecified atom stereocenters. The van der Waals surface area contributed by atoms with Crippen LogP contribution in [0.5, 0.6) is 5.75 Å². The highest BCUT2D eigenvalue weighted by atomic mass is 35.5. The fraction of sp³-hybridized carbons (Fsp3) is 0.167. The maximum absolute atomic E-state index is 14.2. The second-order valence-corrected chi connectivity index (χ2v) is 6.70. The number of imidazole rings is 1. The zero-order chi connectivity index (χ0) is 18.5. The summed E-state index contributed by atoms with van der Waals surface area (Å²) in [6, 6.07) is 7.58. The van der Waals surface area contributed by atoms with Crippen molar-refractivity contribution < 1.29 is 9.50 Å². The number of nitrogens with zero attached hydrogens (tertiary/aromatic N) is 5. The van der Waals surface area contributed by atoms with Gasteiger partial charge < -0.3 is 15.0 Å². The molecule has 2 N–H and O–H groups in total. The standard InChI is InChI=1S/C18H14ClFN6O/c19-18-14(27)3-4-15(23-18)25-7-5-11-16(22-9-21-11)17(25)12-8-13-10(20)2-1-6-26(13)24-12/h1-4,6,8-9,17,27H,5,7H2,(H,21,22)/t17-/m0/s1. The van der Waals surface area contributed by atoms with Crippen LogP contribution in [0.15, 0.2) is 42.9 Å². The zero-order valence-corrected chi connectivity index (χ0v) is 14.7. The van der Waals surface area contributed by atoms with E-state index in [-0.39, 0.29) is 22.8 Å².